The lowest BCUT2D eigenvalue weighted by atomic mass is 10.0. The molecule has 0 aromatic carbocycles. The number of H-pyrrole nitrogens is 1. The highest BCUT2D eigenvalue weighted by Gasteiger charge is 2.41. The van der Waals surface area contributed by atoms with E-state index in [-0.39, 0.29) is 12.2 Å². The van der Waals surface area contributed by atoms with Gasteiger partial charge in [-0.1, -0.05) is 6.92 Å². The maximum absolute atomic E-state index is 11.7. The lowest BCUT2D eigenvalue weighted by Crippen LogP contribution is -2.36. The van der Waals surface area contributed by atoms with E-state index in [9.17, 15) is 14.7 Å². The van der Waals surface area contributed by atoms with Crippen molar-refractivity contribution in [3.8, 4) is 0 Å². The van der Waals surface area contributed by atoms with Crippen LogP contribution in [-0.2, 0) is 11.3 Å². The van der Waals surface area contributed by atoms with Gasteiger partial charge in [-0.2, -0.15) is 0 Å². The van der Waals surface area contributed by atoms with Crippen LogP contribution in [0.2, 0.25) is 0 Å². The van der Waals surface area contributed by atoms with Crippen molar-refractivity contribution in [3.05, 3.63) is 32.6 Å². The molecule has 4 atom stereocenters. The average molecular weight is 272 g/mol. The molecule has 8 nitrogen and oxygen atoms in total. The molecule has 0 amide bonds. The summed E-state index contributed by atoms with van der Waals surface area (Å²) in [5.74, 6) is -0.438. The fourth-order valence-corrected chi connectivity index (χ4v) is 2.19. The van der Waals surface area contributed by atoms with E-state index < -0.39 is 42.2 Å². The van der Waals surface area contributed by atoms with Crippen LogP contribution in [0, 0.1) is 5.92 Å². The van der Waals surface area contributed by atoms with Gasteiger partial charge in [0.2, 0.25) is 0 Å². The lowest BCUT2D eigenvalue weighted by Gasteiger charge is -2.18. The molecular weight excluding hydrogens is 256 g/mol. The summed E-state index contributed by atoms with van der Waals surface area (Å²) < 4.78 is 6.51. The largest absolute Gasteiger partial charge is 0.394 e. The molecule has 1 aliphatic heterocycles. The van der Waals surface area contributed by atoms with Gasteiger partial charge in [0, 0.05) is 12.1 Å². The van der Waals surface area contributed by atoms with Gasteiger partial charge in [-0.15, -0.1) is 0 Å². The summed E-state index contributed by atoms with van der Waals surface area (Å²) in [6, 6.07) is 0. The van der Waals surface area contributed by atoms with Gasteiger partial charge in [-0.05, 0) is 0 Å². The van der Waals surface area contributed by atoms with Crippen molar-refractivity contribution < 1.29 is 20.1 Å². The number of aromatic nitrogens is 2. The third-order valence-corrected chi connectivity index (χ3v) is 3.35. The molecule has 0 saturated carbocycles. The Morgan fingerprint density at radius 1 is 1.42 bits per heavy atom. The first-order chi connectivity index (χ1) is 8.99. The quantitative estimate of drug-likeness (QED) is 0.500. The zero-order valence-electron chi connectivity index (χ0n) is 10.3. The highest BCUT2D eigenvalue weighted by Crippen LogP contribution is 2.33. The smallest absolute Gasteiger partial charge is 0.330 e. The lowest BCUT2D eigenvalue weighted by molar-refractivity contribution is -0.0478. The van der Waals surface area contributed by atoms with Gasteiger partial charge in [0.05, 0.1) is 24.9 Å². The summed E-state index contributed by atoms with van der Waals surface area (Å²) in [5, 5.41) is 27.9. The van der Waals surface area contributed by atoms with Crippen molar-refractivity contribution >= 4 is 0 Å². The minimum Gasteiger partial charge on any atom is -0.394 e. The zero-order valence-corrected chi connectivity index (χ0v) is 10.3. The first-order valence-corrected chi connectivity index (χ1v) is 5.89. The zero-order chi connectivity index (χ0) is 14.2. The number of nitrogens with zero attached hydrogens (tertiary/aromatic N) is 1. The van der Waals surface area contributed by atoms with Crippen LogP contribution in [-0.4, -0.2) is 43.7 Å². The summed E-state index contributed by atoms with van der Waals surface area (Å²) in [4.78, 5) is 25.2. The van der Waals surface area contributed by atoms with Crippen LogP contribution >= 0.6 is 0 Å². The van der Waals surface area contributed by atoms with Gasteiger partial charge < -0.3 is 20.1 Å². The second kappa shape index (κ2) is 5.25. The molecule has 106 valence electrons. The van der Waals surface area contributed by atoms with Crippen molar-refractivity contribution in [2.75, 3.05) is 6.61 Å². The van der Waals surface area contributed by atoms with Gasteiger partial charge in [-0.3, -0.25) is 14.3 Å². The van der Waals surface area contributed by atoms with Crippen LogP contribution in [0.4, 0.5) is 0 Å². The normalized spacial score (nSPS) is 30.7. The van der Waals surface area contributed by atoms with E-state index in [4.69, 9.17) is 14.9 Å². The Balaban J connectivity index is 2.43. The average Bonchev–Trinajstić information content (AvgIpc) is 2.67. The second-order valence-electron chi connectivity index (χ2n) is 4.58. The molecule has 4 N–H and O–H groups in total. The molecule has 2 heterocycles. The first-order valence-electron chi connectivity index (χ1n) is 5.89. The summed E-state index contributed by atoms with van der Waals surface area (Å²) in [5.41, 5.74) is -1.32. The summed E-state index contributed by atoms with van der Waals surface area (Å²) >= 11 is 0. The molecule has 1 saturated heterocycles. The van der Waals surface area contributed by atoms with Crippen LogP contribution in [0.3, 0.4) is 0 Å². The summed E-state index contributed by atoms with van der Waals surface area (Å²) in [6.45, 7) is 0.789. The van der Waals surface area contributed by atoms with E-state index in [0.29, 0.717) is 0 Å². The molecule has 0 radical (unpaired) electrons. The molecule has 0 aliphatic carbocycles. The fraction of sp³-hybridized carbons (Fsp3) is 0.636. The molecule has 0 unspecified atom stereocenters. The van der Waals surface area contributed by atoms with Crippen LogP contribution < -0.4 is 11.2 Å². The third kappa shape index (κ3) is 2.35. The molecule has 1 aliphatic rings. The Morgan fingerprint density at radius 2 is 2.11 bits per heavy atom. The second-order valence-corrected chi connectivity index (χ2v) is 4.58. The maximum Gasteiger partial charge on any atom is 0.330 e. The highest BCUT2D eigenvalue weighted by molar-refractivity contribution is 5.04. The number of aliphatic hydroxyl groups excluding tert-OH is 3. The monoisotopic (exact) mass is 272 g/mol. The number of aliphatic hydroxyl groups is 3. The molecule has 1 aromatic heterocycles. The number of rotatable bonds is 3. The van der Waals surface area contributed by atoms with E-state index in [2.05, 4.69) is 4.98 Å². The number of aromatic amines is 1. The van der Waals surface area contributed by atoms with Crippen molar-refractivity contribution in [2.45, 2.75) is 32.0 Å². The highest BCUT2D eigenvalue weighted by atomic mass is 16.5. The van der Waals surface area contributed by atoms with Crippen molar-refractivity contribution in [1.82, 2.24) is 9.55 Å². The van der Waals surface area contributed by atoms with Crippen molar-refractivity contribution in [1.29, 1.82) is 0 Å². The molecule has 0 bridgehead atoms. The van der Waals surface area contributed by atoms with Gasteiger partial charge in [-0.25, -0.2) is 4.79 Å². The van der Waals surface area contributed by atoms with Crippen LogP contribution in [0.1, 0.15) is 18.7 Å². The van der Waals surface area contributed by atoms with Crippen molar-refractivity contribution in [3.63, 3.8) is 0 Å². The van der Waals surface area contributed by atoms with Crippen LogP contribution in [0.5, 0.6) is 0 Å². The Morgan fingerprint density at radius 3 is 2.63 bits per heavy atom. The number of hydrogen-bond acceptors (Lipinski definition) is 6. The van der Waals surface area contributed by atoms with E-state index >= 15 is 0 Å². The van der Waals surface area contributed by atoms with Gasteiger partial charge in [0.1, 0.15) is 12.3 Å². The van der Waals surface area contributed by atoms with Crippen LogP contribution in [0.25, 0.3) is 0 Å². The summed E-state index contributed by atoms with van der Waals surface area (Å²) in [7, 11) is 0. The molecule has 19 heavy (non-hydrogen) atoms. The van der Waals surface area contributed by atoms with Crippen molar-refractivity contribution in [2.24, 2.45) is 5.92 Å². The molecular formula is C11H16N2O6. The minimum atomic E-state index is -0.911. The predicted octanol–water partition coefficient (Wildman–Crippen LogP) is -2.08. The third-order valence-electron chi connectivity index (χ3n) is 3.35. The van der Waals surface area contributed by atoms with Gasteiger partial charge in [0.15, 0.2) is 0 Å². The topological polar surface area (TPSA) is 125 Å². The standard InChI is InChI=1S/C11H16N2O6/c1-5-8(16)7(4-15)19-10(5)13-2-6(3-14)9(17)12-11(13)18/h2,5,7-8,10,14-16H,3-4H2,1H3,(H,12,17,18)/t5-,7-,8+,10-/m1/s1. The Kier molecular flexibility index (Phi) is 3.85. The Hall–Kier alpha value is -1.48. The Bertz CT molecular complexity index is 565. The SMILES string of the molecule is C[C@@H]1[C@H](O)[C@@H](CO)O[C@H]1n1cc(CO)c(=O)[nH]c1=O. The molecule has 0 spiro atoms. The van der Waals surface area contributed by atoms with Gasteiger partial charge >= 0.3 is 5.69 Å². The van der Waals surface area contributed by atoms with Crippen LogP contribution in [0.15, 0.2) is 15.8 Å². The maximum atomic E-state index is 11.7. The molecule has 1 aromatic rings. The van der Waals surface area contributed by atoms with E-state index in [1.165, 1.54) is 6.20 Å². The van der Waals surface area contributed by atoms with E-state index in [1.807, 2.05) is 0 Å². The van der Waals surface area contributed by atoms with E-state index in [1.54, 1.807) is 6.92 Å². The van der Waals surface area contributed by atoms with Gasteiger partial charge in [0.25, 0.3) is 5.56 Å². The number of hydrogen-bond donors (Lipinski definition) is 4. The number of nitrogens with one attached hydrogen (secondary N) is 1. The molecule has 2 rings (SSSR count). The first kappa shape index (κ1) is 13.9. The minimum absolute atomic E-state index is 0.0253. The molecule has 8 heteroatoms. The predicted molar refractivity (Wildman–Crippen MR) is 63.4 cm³/mol. The fourth-order valence-electron chi connectivity index (χ4n) is 2.19. The van der Waals surface area contributed by atoms with E-state index in [0.717, 1.165) is 4.57 Å². The number of ether oxygens (including phenoxy) is 1. The Labute approximate surface area is 107 Å². The molecule has 1 fully saturated rings. The summed E-state index contributed by atoms with van der Waals surface area (Å²) in [6.07, 6.45) is -1.29.